The second-order valence-corrected chi connectivity index (χ2v) is 9.07. The van der Waals surface area contributed by atoms with E-state index >= 15 is 0 Å². The summed E-state index contributed by atoms with van der Waals surface area (Å²) in [4.78, 5) is 50.4. The number of amides is 3. The van der Waals surface area contributed by atoms with Crippen LogP contribution in [0, 0.1) is 5.82 Å². The summed E-state index contributed by atoms with van der Waals surface area (Å²) in [7, 11) is 0. The molecule has 33 heavy (non-hydrogen) atoms. The van der Waals surface area contributed by atoms with E-state index in [0.29, 0.717) is 23.7 Å². The molecule has 0 aromatic heterocycles. The number of hydrogen-bond acceptors (Lipinski definition) is 6. The van der Waals surface area contributed by atoms with Gasteiger partial charge in [0.25, 0.3) is 11.1 Å². The summed E-state index contributed by atoms with van der Waals surface area (Å²) in [5.41, 5.74) is 0.857. The third kappa shape index (κ3) is 6.21. The zero-order valence-electron chi connectivity index (χ0n) is 17.2. The molecule has 0 aliphatic carbocycles. The van der Waals surface area contributed by atoms with Gasteiger partial charge in [-0.15, -0.1) is 0 Å². The van der Waals surface area contributed by atoms with Gasteiger partial charge >= 0.3 is 5.97 Å². The van der Waals surface area contributed by atoms with Crippen LogP contribution in [0.15, 0.2) is 45.8 Å². The fraction of sp³-hybridized carbons (Fsp3) is 0.182. The van der Waals surface area contributed by atoms with Crippen LogP contribution in [-0.4, -0.2) is 41.1 Å². The van der Waals surface area contributed by atoms with Crippen molar-refractivity contribution in [3.63, 3.8) is 0 Å². The van der Waals surface area contributed by atoms with E-state index in [1.807, 2.05) is 6.92 Å². The largest absolute Gasteiger partial charge is 0.462 e. The number of carbonyl (C=O) groups excluding carboxylic acids is 4. The lowest BCUT2D eigenvalue weighted by molar-refractivity contribution is -0.127. The van der Waals surface area contributed by atoms with E-state index in [2.05, 4.69) is 21.2 Å². The van der Waals surface area contributed by atoms with Crippen molar-refractivity contribution in [2.24, 2.45) is 0 Å². The maximum absolute atomic E-state index is 13.4. The van der Waals surface area contributed by atoms with Gasteiger partial charge in [0.15, 0.2) is 0 Å². The Morgan fingerprint density at radius 1 is 1.24 bits per heavy atom. The molecule has 1 aliphatic heterocycles. The van der Waals surface area contributed by atoms with Crippen molar-refractivity contribution in [1.82, 2.24) is 4.90 Å². The molecule has 0 bridgehead atoms. The molecule has 0 spiro atoms. The molecule has 3 amide bonds. The van der Waals surface area contributed by atoms with Crippen LogP contribution >= 0.6 is 39.3 Å². The number of rotatable bonds is 7. The van der Waals surface area contributed by atoms with E-state index in [1.54, 1.807) is 0 Å². The summed E-state index contributed by atoms with van der Waals surface area (Å²) >= 11 is 9.79. The number of nitrogens with one attached hydrogen (secondary N) is 1. The fourth-order valence-electron chi connectivity index (χ4n) is 2.77. The normalized spacial score (nSPS) is 14.7. The minimum atomic E-state index is -0.640. The number of thioether (sulfide) groups is 1. The summed E-state index contributed by atoms with van der Waals surface area (Å²) < 4.78 is 18.7. The van der Waals surface area contributed by atoms with Crippen molar-refractivity contribution in [2.75, 3.05) is 18.5 Å². The Kier molecular flexibility index (Phi) is 8.28. The first kappa shape index (κ1) is 24.9. The number of esters is 1. The minimum absolute atomic E-state index is 0.0856. The highest BCUT2D eigenvalue weighted by Gasteiger charge is 2.36. The fourth-order valence-corrected chi connectivity index (χ4v) is 4.20. The number of imide groups is 1. The van der Waals surface area contributed by atoms with Gasteiger partial charge in [0.1, 0.15) is 12.4 Å². The smallest absolute Gasteiger partial charge is 0.339 e. The van der Waals surface area contributed by atoms with Gasteiger partial charge in [0.05, 0.1) is 26.6 Å². The molecule has 1 N–H and O–H groups in total. The Balaban J connectivity index is 1.68. The Morgan fingerprint density at radius 2 is 2.00 bits per heavy atom. The molecule has 2 aromatic rings. The molecule has 0 radical (unpaired) electrons. The number of anilines is 1. The van der Waals surface area contributed by atoms with Crippen LogP contribution in [0.3, 0.4) is 0 Å². The third-order valence-corrected chi connectivity index (χ3v) is 6.17. The summed E-state index contributed by atoms with van der Waals surface area (Å²) in [6, 6.07) is 8.44. The van der Waals surface area contributed by atoms with E-state index in [-0.39, 0.29) is 32.3 Å². The highest BCUT2D eigenvalue weighted by Crippen LogP contribution is 2.32. The number of hydrogen-bond donors (Lipinski definition) is 1. The summed E-state index contributed by atoms with van der Waals surface area (Å²) in [5, 5.41) is 2.09. The van der Waals surface area contributed by atoms with Gasteiger partial charge in [-0.3, -0.25) is 19.3 Å². The molecule has 1 heterocycles. The number of ether oxygens (including phenoxy) is 1. The quantitative estimate of drug-likeness (QED) is 0.359. The van der Waals surface area contributed by atoms with Crippen LogP contribution in [0.5, 0.6) is 0 Å². The topological polar surface area (TPSA) is 92.8 Å². The Bertz CT molecular complexity index is 1170. The summed E-state index contributed by atoms with van der Waals surface area (Å²) in [6.45, 7) is 1.56. The second-order valence-electron chi connectivity index (χ2n) is 6.82. The van der Waals surface area contributed by atoms with Crippen molar-refractivity contribution >= 4 is 74.1 Å². The maximum Gasteiger partial charge on any atom is 0.339 e. The van der Waals surface area contributed by atoms with E-state index < -0.39 is 35.4 Å². The highest BCUT2D eigenvalue weighted by molar-refractivity contribution is 9.10. The van der Waals surface area contributed by atoms with Crippen molar-refractivity contribution in [2.45, 2.75) is 13.3 Å². The monoisotopic (exact) mass is 554 g/mol. The first-order valence-corrected chi connectivity index (χ1v) is 11.6. The van der Waals surface area contributed by atoms with Crippen molar-refractivity contribution in [1.29, 1.82) is 0 Å². The van der Waals surface area contributed by atoms with Crippen LogP contribution in [-0.2, 0) is 14.3 Å². The van der Waals surface area contributed by atoms with Crippen LogP contribution in [0.4, 0.5) is 14.9 Å². The predicted molar refractivity (Wildman–Crippen MR) is 127 cm³/mol. The first-order valence-electron chi connectivity index (χ1n) is 9.66. The van der Waals surface area contributed by atoms with Crippen molar-refractivity contribution < 1.29 is 28.3 Å². The highest BCUT2D eigenvalue weighted by atomic mass is 79.9. The Morgan fingerprint density at radius 3 is 2.70 bits per heavy atom. The molecular formula is C22H17BrClFN2O5S. The van der Waals surface area contributed by atoms with Gasteiger partial charge in [0, 0.05) is 5.69 Å². The molecule has 3 rings (SSSR count). The zero-order chi connectivity index (χ0) is 24.1. The molecule has 7 nitrogen and oxygen atoms in total. The average Bonchev–Trinajstić information content (AvgIpc) is 3.03. The number of carbonyl (C=O) groups is 4. The SMILES string of the molecule is CCCOC(=O)c1cc(NC(=O)CN2C(=O)S/C(=C/c3ccc(F)c(Br)c3)C2=O)ccc1Cl. The van der Waals surface area contributed by atoms with Crippen LogP contribution < -0.4 is 5.32 Å². The van der Waals surface area contributed by atoms with Crippen molar-refractivity contribution in [3.05, 3.63) is 67.7 Å². The molecule has 1 saturated heterocycles. The van der Waals surface area contributed by atoms with Gasteiger partial charge in [-0.25, -0.2) is 9.18 Å². The lowest BCUT2D eigenvalue weighted by Crippen LogP contribution is -2.36. The van der Waals surface area contributed by atoms with E-state index in [9.17, 15) is 23.6 Å². The lowest BCUT2D eigenvalue weighted by atomic mass is 10.2. The molecule has 1 fully saturated rings. The van der Waals surface area contributed by atoms with Gasteiger partial charge in [-0.1, -0.05) is 24.6 Å². The molecule has 0 atom stereocenters. The van der Waals surface area contributed by atoms with Crippen molar-refractivity contribution in [3.8, 4) is 0 Å². The third-order valence-electron chi connectivity index (χ3n) is 4.32. The van der Waals surface area contributed by atoms with E-state index in [4.69, 9.17) is 16.3 Å². The molecule has 2 aromatic carbocycles. The maximum atomic E-state index is 13.4. The molecule has 11 heteroatoms. The number of benzene rings is 2. The molecule has 1 aliphatic rings. The van der Waals surface area contributed by atoms with Crippen LogP contribution in [0.25, 0.3) is 6.08 Å². The van der Waals surface area contributed by atoms with E-state index in [1.165, 1.54) is 42.5 Å². The van der Waals surface area contributed by atoms with E-state index in [0.717, 1.165) is 4.90 Å². The van der Waals surface area contributed by atoms with Gasteiger partial charge in [0.2, 0.25) is 5.91 Å². The minimum Gasteiger partial charge on any atom is -0.462 e. The zero-order valence-corrected chi connectivity index (χ0v) is 20.4. The van der Waals surface area contributed by atoms with Gasteiger partial charge < -0.3 is 10.1 Å². The number of halogens is 3. The molecule has 0 unspecified atom stereocenters. The lowest BCUT2D eigenvalue weighted by Gasteiger charge is -2.13. The summed E-state index contributed by atoms with van der Waals surface area (Å²) in [6.07, 6.45) is 2.09. The molecular weight excluding hydrogens is 539 g/mol. The first-order chi connectivity index (χ1) is 15.7. The van der Waals surface area contributed by atoms with Gasteiger partial charge in [-0.2, -0.15) is 0 Å². The Labute approximate surface area is 206 Å². The number of nitrogens with zero attached hydrogens (tertiary/aromatic N) is 1. The molecule has 0 saturated carbocycles. The predicted octanol–water partition coefficient (Wildman–Crippen LogP) is 5.48. The second kappa shape index (κ2) is 11.0. The van der Waals surface area contributed by atoms with Gasteiger partial charge in [-0.05, 0) is 76.1 Å². The average molecular weight is 556 g/mol. The molecule has 172 valence electrons. The van der Waals surface area contributed by atoms with Crippen LogP contribution in [0.1, 0.15) is 29.3 Å². The summed E-state index contributed by atoms with van der Waals surface area (Å²) in [5.74, 6) is -2.36. The van der Waals surface area contributed by atoms with Crippen LogP contribution in [0.2, 0.25) is 5.02 Å². The standard InChI is InChI=1S/C22H17BrClFN2O5S/c1-2-7-32-21(30)14-10-13(4-5-16(14)24)26-19(28)11-27-20(29)18(33-22(27)31)9-12-3-6-17(25)15(23)8-12/h3-6,8-10H,2,7,11H2,1H3,(H,26,28)/b18-9+. The Hall–Kier alpha value is -2.69.